The molecule has 0 aliphatic carbocycles. The smallest absolute Gasteiger partial charge is 0.310 e. The largest absolute Gasteiger partial charge is 0.466 e. The fourth-order valence-electron chi connectivity index (χ4n) is 2.05. The lowest BCUT2D eigenvalue weighted by atomic mass is 10.1. The predicted molar refractivity (Wildman–Crippen MR) is 62.7 cm³/mol. The van der Waals surface area contributed by atoms with E-state index in [4.69, 9.17) is 18.6 Å². The van der Waals surface area contributed by atoms with Crippen molar-refractivity contribution in [3.63, 3.8) is 0 Å². The van der Waals surface area contributed by atoms with Gasteiger partial charge < -0.3 is 18.6 Å². The third-order valence-corrected chi connectivity index (χ3v) is 2.79. The minimum Gasteiger partial charge on any atom is -0.466 e. The summed E-state index contributed by atoms with van der Waals surface area (Å²) in [5.74, 6) is 1.03. The van der Waals surface area contributed by atoms with Crippen molar-refractivity contribution in [3.8, 4) is 11.5 Å². The summed E-state index contributed by atoms with van der Waals surface area (Å²) in [6.45, 7) is 2.34. The quantitative estimate of drug-likeness (QED) is 0.780. The molecule has 0 amide bonds. The van der Waals surface area contributed by atoms with Crippen molar-refractivity contribution in [1.82, 2.24) is 0 Å². The van der Waals surface area contributed by atoms with E-state index in [-0.39, 0.29) is 19.2 Å². The molecule has 1 aromatic heterocycles. The first-order valence-electron chi connectivity index (χ1n) is 5.74. The van der Waals surface area contributed by atoms with Crippen LogP contribution in [0, 0.1) is 0 Å². The minimum absolute atomic E-state index is 0.167. The van der Waals surface area contributed by atoms with E-state index in [1.54, 1.807) is 25.3 Å². The highest BCUT2D eigenvalue weighted by Crippen LogP contribution is 2.41. The monoisotopic (exact) mass is 248 g/mol. The number of ether oxygens (including phenoxy) is 3. The average Bonchev–Trinajstić information content (AvgIpc) is 2.94. The van der Waals surface area contributed by atoms with Crippen LogP contribution in [0.15, 0.2) is 22.8 Å². The summed E-state index contributed by atoms with van der Waals surface area (Å²) >= 11 is 0. The van der Waals surface area contributed by atoms with Gasteiger partial charge in [-0.15, -0.1) is 0 Å². The molecule has 0 spiro atoms. The third-order valence-electron chi connectivity index (χ3n) is 2.79. The van der Waals surface area contributed by atoms with Crippen LogP contribution < -0.4 is 9.47 Å². The summed E-state index contributed by atoms with van der Waals surface area (Å²) in [6, 6.07) is 3.60. The lowest BCUT2D eigenvalue weighted by Crippen LogP contribution is -2.07. The second kappa shape index (κ2) is 4.25. The second-order valence-electron chi connectivity index (χ2n) is 3.92. The summed E-state index contributed by atoms with van der Waals surface area (Å²) in [4.78, 5) is 11.5. The standard InChI is InChI=1S/C13H12O5/c1-2-15-11(14)5-8-6-16-9-3-4-10-13(12(8)9)18-7-17-10/h3-4,6H,2,5,7H2,1H3. The molecular weight excluding hydrogens is 236 g/mol. The molecule has 0 saturated carbocycles. The van der Waals surface area contributed by atoms with Crippen LogP contribution in [0.5, 0.6) is 11.5 Å². The van der Waals surface area contributed by atoms with Crippen LogP contribution in [0.1, 0.15) is 12.5 Å². The van der Waals surface area contributed by atoms with Crippen LogP contribution in [0.25, 0.3) is 11.0 Å². The molecule has 3 rings (SSSR count). The lowest BCUT2D eigenvalue weighted by Gasteiger charge is -2.01. The Labute approximate surface area is 103 Å². The second-order valence-corrected chi connectivity index (χ2v) is 3.92. The summed E-state index contributed by atoms with van der Waals surface area (Å²) in [5.41, 5.74) is 1.43. The van der Waals surface area contributed by atoms with Crippen LogP contribution in [-0.2, 0) is 16.0 Å². The van der Waals surface area contributed by atoms with Gasteiger partial charge in [0.2, 0.25) is 6.79 Å². The average molecular weight is 248 g/mol. The number of carbonyl (C=O) groups is 1. The topological polar surface area (TPSA) is 57.9 Å². The Kier molecular flexibility index (Phi) is 2.59. The van der Waals surface area contributed by atoms with Crippen molar-refractivity contribution in [2.45, 2.75) is 13.3 Å². The first kappa shape index (κ1) is 11.0. The summed E-state index contributed by atoms with van der Waals surface area (Å²) < 4.78 is 21.1. The van der Waals surface area contributed by atoms with Gasteiger partial charge in [0, 0.05) is 5.56 Å². The van der Waals surface area contributed by atoms with Gasteiger partial charge in [0.25, 0.3) is 0 Å². The Morgan fingerprint density at radius 2 is 2.28 bits per heavy atom. The van der Waals surface area contributed by atoms with E-state index in [9.17, 15) is 4.79 Å². The Hall–Kier alpha value is -2.17. The van der Waals surface area contributed by atoms with Gasteiger partial charge in [-0.25, -0.2) is 0 Å². The van der Waals surface area contributed by atoms with Gasteiger partial charge >= 0.3 is 5.97 Å². The van der Waals surface area contributed by atoms with Crippen LogP contribution in [-0.4, -0.2) is 19.4 Å². The highest BCUT2D eigenvalue weighted by Gasteiger charge is 2.22. The van der Waals surface area contributed by atoms with E-state index < -0.39 is 0 Å². The van der Waals surface area contributed by atoms with Gasteiger partial charge in [0.1, 0.15) is 5.58 Å². The zero-order valence-corrected chi connectivity index (χ0v) is 9.89. The Balaban J connectivity index is 2.02. The molecule has 0 fully saturated rings. The molecule has 18 heavy (non-hydrogen) atoms. The highest BCUT2D eigenvalue weighted by atomic mass is 16.7. The molecule has 0 atom stereocenters. The Morgan fingerprint density at radius 3 is 3.11 bits per heavy atom. The van der Waals surface area contributed by atoms with Crippen molar-refractivity contribution >= 4 is 16.9 Å². The highest BCUT2D eigenvalue weighted by molar-refractivity contribution is 5.93. The number of benzene rings is 1. The van der Waals surface area contributed by atoms with E-state index >= 15 is 0 Å². The van der Waals surface area contributed by atoms with E-state index in [1.165, 1.54) is 0 Å². The number of esters is 1. The molecule has 0 bridgehead atoms. The molecule has 5 nitrogen and oxygen atoms in total. The first-order chi connectivity index (χ1) is 8.79. The third kappa shape index (κ3) is 1.68. The Morgan fingerprint density at radius 1 is 1.39 bits per heavy atom. The maximum atomic E-state index is 11.5. The molecule has 1 aromatic carbocycles. The molecule has 0 saturated heterocycles. The molecule has 2 aromatic rings. The van der Waals surface area contributed by atoms with E-state index in [0.29, 0.717) is 23.7 Å². The van der Waals surface area contributed by atoms with Crippen LogP contribution in [0.3, 0.4) is 0 Å². The van der Waals surface area contributed by atoms with Gasteiger partial charge in [-0.05, 0) is 19.1 Å². The summed E-state index contributed by atoms with van der Waals surface area (Å²) in [5, 5.41) is 0.790. The van der Waals surface area contributed by atoms with Crippen LogP contribution >= 0.6 is 0 Å². The maximum Gasteiger partial charge on any atom is 0.310 e. The minimum atomic E-state index is -0.281. The predicted octanol–water partition coefficient (Wildman–Crippen LogP) is 2.27. The van der Waals surface area contributed by atoms with Gasteiger partial charge in [0.15, 0.2) is 11.5 Å². The van der Waals surface area contributed by atoms with Crippen molar-refractivity contribution in [2.75, 3.05) is 13.4 Å². The number of hydrogen-bond donors (Lipinski definition) is 0. The van der Waals surface area contributed by atoms with Gasteiger partial charge in [-0.3, -0.25) is 4.79 Å². The number of fused-ring (bicyclic) bond motifs is 3. The molecule has 94 valence electrons. The summed E-state index contributed by atoms with van der Waals surface area (Å²) in [6.07, 6.45) is 1.73. The fraction of sp³-hybridized carbons (Fsp3) is 0.308. The number of carbonyl (C=O) groups excluding carboxylic acids is 1. The Bertz CT molecular complexity index is 599. The van der Waals surface area contributed by atoms with E-state index in [1.807, 2.05) is 0 Å². The molecule has 0 N–H and O–H groups in total. The maximum absolute atomic E-state index is 11.5. The van der Waals surface area contributed by atoms with Gasteiger partial charge in [-0.2, -0.15) is 0 Å². The number of furan rings is 1. The SMILES string of the molecule is CCOC(=O)Cc1coc2ccc3c(c12)OCO3. The van der Waals surface area contributed by atoms with Crippen molar-refractivity contribution in [2.24, 2.45) is 0 Å². The number of rotatable bonds is 3. The normalized spacial score (nSPS) is 12.9. The van der Waals surface area contributed by atoms with Crippen molar-refractivity contribution in [1.29, 1.82) is 0 Å². The van der Waals surface area contributed by atoms with Gasteiger partial charge in [0.05, 0.1) is 24.7 Å². The fourth-order valence-corrected chi connectivity index (χ4v) is 2.05. The zero-order chi connectivity index (χ0) is 12.5. The molecule has 0 radical (unpaired) electrons. The molecule has 1 aliphatic heterocycles. The van der Waals surface area contributed by atoms with Crippen LogP contribution in [0.4, 0.5) is 0 Å². The van der Waals surface area contributed by atoms with E-state index in [2.05, 4.69) is 0 Å². The van der Waals surface area contributed by atoms with Crippen molar-refractivity contribution in [3.05, 3.63) is 24.0 Å². The molecule has 2 heterocycles. The lowest BCUT2D eigenvalue weighted by molar-refractivity contribution is -0.142. The first-order valence-corrected chi connectivity index (χ1v) is 5.74. The van der Waals surface area contributed by atoms with Gasteiger partial charge in [-0.1, -0.05) is 0 Å². The summed E-state index contributed by atoms with van der Waals surface area (Å²) in [7, 11) is 0. The molecule has 5 heteroatoms. The van der Waals surface area contributed by atoms with E-state index in [0.717, 1.165) is 10.9 Å². The number of hydrogen-bond acceptors (Lipinski definition) is 5. The molecule has 0 unspecified atom stereocenters. The molecule has 1 aliphatic rings. The zero-order valence-electron chi connectivity index (χ0n) is 9.89. The van der Waals surface area contributed by atoms with Crippen molar-refractivity contribution < 1.29 is 23.4 Å². The van der Waals surface area contributed by atoms with Crippen LogP contribution in [0.2, 0.25) is 0 Å². The molecular formula is C13H12O5.